The Morgan fingerprint density at radius 1 is 1.04 bits per heavy atom. The highest BCUT2D eigenvalue weighted by Crippen LogP contribution is 2.25. The summed E-state index contributed by atoms with van der Waals surface area (Å²) >= 11 is 1.33. The topological polar surface area (TPSA) is 89.2 Å². The predicted octanol–water partition coefficient (Wildman–Crippen LogP) is 2.63. The average molecular weight is 366 g/mol. The quantitative estimate of drug-likeness (QED) is 0.649. The molecule has 0 bridgehead atoms. The fourth-order valence-corrected chi connectivity index (χ4v) is 3.41. The van der Waals surface area contributed by atoms with Crippen molar-refractivity contribution >= 4 is 40.0 Å². The van der Waals surface area contributed by atoms with Crippen LogP contribution in [0.3, 0.4) is 0 Å². The van der Waals surface area contributed by atoms with Crippen molar-refractivity contribution in [3.8, 4) is 0 Å². The first-order valence-electron chi connectivity index (χ1n) is 8.12. The van der Waals surface area contributed by atoms with Crippen LogP contribution in [0.5, 0.6) is 0 Å². The molecular weight excluding hydrogens is 348 g/mol. The number of primary amides is 1. The first-order chi connectivity index (χ1) is 12.6. The molecule has 0 unspecified atom stereocenters. The van der Waals surface area contributed by atoms with Crippen LogP contribution in [0.1, 0.15) is 6.42 Å². The monoisotopic (exact) mass is 366 g/mol. The second-order valence-corrected chi connectivity index (χ2v) is 6.59. The van der Waals surface area contributed by atoms with Crippen molar-refractivity contribution in [2.24, 2.45) is 5.73 Å². The summed E-state index contributed by atoms with van der Waals surface area (Å²) in [6.07, 6.45) is 1.81. The first-order valence-corrected chi connectivity index (χ1v) is 9.10. The summed E-state index contributed by atoms with van der Waals surface area (Å²) in [6.45, 7) is 0.250. The Bertz CT molecular complexity index is 912. The minimum absolute atomic E-state index is 0.110. The van der Waals surface area contributed by atoms with Gasteiger partial charge in [0.1, 0.15) is 5.03 Å². The van der Waals surface area contributed by atoms with E-state index in [-0.39, 0.29) is 24.6 Å². The van der Waals surface area contributed by atoms with E-state index >= 15 is 0 Å². The molecule has 0 aliphatic heterocycles. The number of para-hydroxylation sites is 1. The summed E-state index contributed by atoms with van der Waals surface area (Å²) in [7, 11) is 0. The van der Waals surface area contributed by atoms with E-state index in [1.165, 1.54) is 11.8 Å². The number of nitrogens with two attached hydrogens (primary N) is 1. The van der Waals surface area contributed by atoms with Crippen molar-refractivity contribution in [3.05, 3.63) is 60.8 Å². The molecule has 0 saturated carbocycles. The van der Waals surface area contributed by atoms with E-state index < -0.39 is 5.91 Å². The zero-order valence-electron chi connectivity index (χ0n) is 14.0. The van der Waals surface area contributed by atoms with E-state index in [0.29, 0.717) is 5.03 Å². The predicted molar refractivity (Wildman–Crippen MR) is 103 cm³/mol. The molecular formula is C19H18N4O2S. The molecule has 2 aromatic carbocycles. The lowest BCUT2D eigenvalue weighted by molar-refractivity contribution is -0.118. The number of carbonyl (C=O) groups is 2. The molecule has 1 heterocycles. The lowest BCUT2D eigenvalue weighted by atomic mass is 10.2. The smallest absolute Gasteiger partial charge is 0.237 e. The number of thioether (sulfide) groups is 1. The molecule has 0 radical (unpaired) electrons. The van der Waals surface area contributed by atoms with Gasteiger partial charge in [-0.15, -0.1) is 5.10 Å². The number of nitrogens with zero attached hydrogens (tertiary/aromatic N) is 3. The van der Waals surface area contributed by atoms with Crippen LogP contribution in [-0.4, -0.2) is 34.3 Å². The minimum atomic E-state index is -0.439. The van der Waals surface area contributed by atoms with E-state index in [9.17, 15) is 9.59 Å². The fraction of sp³-hybridized carbons (Fsp3) is 0.158. The summed E-state index contributed by atoms with van der Waals surface area (Å²) in [5, 5.41) is 10.8. The van der Waals surface area contributed by atoms with E-state index in [0.717, 1.165) is 16.5 Å². The van der Waals surface area contributed by atoms with E-state index in [2.05, 4.69) is 10.2 Å². The summed E-state index contributed by atoms with van der Waals surface area (Å²) in [5.41, 5.74) is 5.99. The minimum Gasteiger partial charge on any atom is -0.370 e. The van der Waals surface area contributed by atoms with Crippen molar-refractivity contribution in [1.29, 1.82) is 0 Å². The second kappa shape index (κ2) is 8.44. The highest BCUT2D eigenvalue weighted by Gasteiger charge is 2.17. The Balaban J connectivity index is 1.76. The number of hydrogen-bond donors (Lipinski definition) is 1. The molecule has 26 heavy (non-hydrogen) atoms. The number of carbonyl (C=O) groups excluding carboxylic acids is 2. The van der Waals surface area contributed by atoms with Gasteiger partial charge in [-0.2, -0.15) is 5.10 Å². The first kappa shape index (κ1) is 17.9. The van der Waals surface area contributed by atoms with Crippen LogP contribution in [0, 0.1) is 0 Å². The molecule has 1 aromatic heterocycles. The lowest BCUT2D eigenvalue weighted by Crippen LogP contribution is -2.35. The van der Waals surface area contributed by atoms with Gasteiger partial charge in [-0.05, 0) is 12.1 Å². The van der Waals surface area contributed by atoms with Crippen molar-refractivity contribution in [3.63, 3.8) is 0 Å². The Hall–Kier alpha value is -2.93. The Labute approximate surface area is 155 Å². The van der Waals surface area contributed by atoms with Crippen LogP contribution in [-0.2, 0) is 9.59 Å². The van der Waals surface area contributed by atoms with Gasteiger partial charge in [-0.3, -0.25) is 9.59 Å². The molecule has 0 aliphatic rings. The van der Waals surface area contributed by atoms with Gasteiger partial charge in [-0.25, -0.2) is 0 Å². The van der Waals surface area contributed by atoms with Crippen LogP contribution in [0.2, 0.25) is 0 Å². The van der Waals surface area contributed by atoms with Gasteiger partial charge in [0.15, 0.2) is 0 Å². The van der Waals surface area contributed by atoms with Crippen LogP contribution in [0.15, 0.2) is 65.8 Å². The molecule has 0 aliphatic carbocycles. The molecule has 132 valence electrons. The molecule has 7 heteroatoms. The SMILES string of the molecule is NC(=O)CCN(C(=O)CSc1nncc2ccccc12)c1ccccc1. The van der Waals surface area contributed by atoms with Crippen molar-refractivity contribution < 1.29 is 9.59 Å². The van der Waals surface area contributed by atoms with Crippen LogP contribution >= 0.6 is 11.8 Å². The van der Waals surface area contributed by atoms with Gasteiger partial charge in [0, 0.05) is 29.4 Å². The Kier molecular flexibility index (Phi) is 5.80. The Morgan fingerprint density at radius 2 is 1.77 bits per heavy atom. The summed E-state index contributed by atoms with van der Waals surface area (Å²) in [6, 6.07) is 17.0. The lowest BCUT2D eigenvalue weighted by Gasteiger charge is -2.22. The molecule has 3 rings (SSSR count). The second-order valence-electron chi connectivity index (χ2n) is 5.62. The van der Waals surface area contributed by atoms with Crippen LogP contribution < -0.4 is 10.6 Å². The van der Waals surface area contributed by atoms with E-state index in [4.69, 9.17) is 5.73 Å². The van der Waals surface area contributed by atoms with Crippen molar-refractivity contribution in [2.45, 2.75) is 11.4 Å². The largest absolute Gasteiger partial charge is 0.370 e. The third-order valence-electron chi connectivity index (χ3n) is 3.82. The summed E-state index contributed by atoms with van der Waals surface area (Å²) in [4.78, 5) is 25.5. The molecule has 6 nitrogen and oxygen atoms in total. The van der Waals surface area contributed by atoms with Gasteiger partial charge < -0.3 is 10.6 Å². The summed E-state index contributed by atoms with van der Waals surface area (Å²) in [5.74, 6) is -0.362. The van der Waals surface area contributed by atoms with Crippen molar-refractivity contribution in [2.75, 3.05) is 17.2 Å². The summed E-state index contributed by atoms with van der Waals surface area (Å²) < 4.78 is 0. The van der Waals surface area contributed by atoms with E-state index in [1.807, 2.05) is 54.6 Å². The fourth-order valence-electron chi connectivity index (χ4n) is 2.54. The van der Waals surface area contributed by atoms with Gasteiger partial charge in [0.25, 0.3) is 0 Å². The normalized spacial score (nSPS) is 10.6. The molecule has 0 atom stereocenters. The number of benzene rings is 2. The van der Waals surface area contributed by atoms with Crippen LogP contribution in [0.25, 0.3) is 10.8 Å². The highest BCUT2D eigenvalue weighted by molar-refractivity contribution is 8.00. The number of fused-ring (bicyclic) bond motifs is 1. The maximum absolute atomic E-state index is 12.8. The van der Waals surface area contributed by atoms with Gasteiger partial charge in [-0.1, -0.05) is 54.2 Å². The average Bonchev–Trinajstić information content (AvgIpc) is 2.67. The van der Waals surface area contributed by atoms with Gasteiger partial charge in [0.2, 0.25) is 11.8 Å². The molecule has 3 aromatic rings. The standard InChI is InChI=1S/C19H18N4O2S/c20-17(24)10-11-23(15-7-2-1-3-8-15)18(25)13-26-19-16-9-5-4-6-14(16)12-21-22-19/h1-9,12H,10-11,13H2,(H2,20,24). The number of rotatable bonds is 7. The molecule has 0 fully saturated rings. The Morgan fingerprint density at radius 3 is 2.54 bits per heavy atom. The number of aromatic nitrogens is 2. The maximum Gasteiger partial charge on any atom is 0.237 e. The molecule has 2 amide bonds. The molecule has 2 N–H and O–H groups in total. The number of hydrogen-bond acceptors (Lipinski definition) is 5. The van der Waals surface area contributed by atoms with Crippen LogP contribution in [0.4, 0.5) is 5.69 Å². The molecule has 0 spiro atoms. The van der Waals surface area contributed by atoms with Gasteiger partial charge >= 0.3 is 0 Å². The van der Waals surface area contributed by atoms with E-state index in [1.54, 1.807) is 11.1 Å². The third kappa shape index (κ3) is 4.37. The highest BCUT2D eigenvalue weighted by atomic mass is 32.2. The number of anilines is 1. The number of amides is 2. The third-order valence-corrected chi connectivity index (χ3v) is 4.79. The zero-order valence-corrected chi connectivity index (χ0v) is 14.9. The zero-order chi connectivity index (χ0) is 18.4. The van der Waals surface area contributed by atoms with Crippen molar-refractivity contribution in [1.82, 2.24) is 10.2 Å². The van der Waals surface area contributed by atoms with Gasteiger partial charge in [0.05, 0.1) is 11.9 Å². The maximum atomic E-state index is 12.8. The molecule has 0 saturated heterocycles.